The molecule has 2 amide bonds. The lowest BCUT2D eigenvalue weighted by molar-refractivity contribution is -0.138. The lowest BCUT2D eigenvalue weighted by atomic mass is 10.1. The van der Waals surface area contributed by atoms with Gasteiger partial charge in [0, 0.05) is 5.69 Å². The van der Waals surface area contributed by atoms with Crippen molar-refractivity contribution in [1.82, 2.24) is 5.43 Å². The number of alkyl halides is 3. The normalized spacial score (nSPS) is 11.3. The number of amides is 2. The number of methoxy groups -OCH3 is 1. The molecule has 0 spiro atoms. The largest absolute Gasteiger partial charge is 0.493 e. The molecule has 3 rings (SSSR count). The second-order valence-electron chi connectivity index (χ2n) is 7.24. The SMILES string of the molecule is COc1cc(/C=N/NC(=O)c2ccccc2C(F)(F)F)cc(Br)c1OCC(=O)Nc1ccc(Cl)c(Cl)c1. The predicted molar refractivity (Wildman–Crippen MR) is 138 cm³/mol. The average molecular weight is 619 g/mol. The summed E-state index contributed by atoms with van der Waals surface area (Å²) in [5.74, 6) is -1.05. The van der Waals surface area contributed by atoms with Gasteiger partial charge in [-0.05, 0) is 64.0 Å². The van der Waals surface area contributed by atoms with Crippen LogP contribution in [0.4, 0.5) is 18.9 Å². The molecule has 3 aromatic rings. The van der Waals surface area contributed by atoms with Gasteiger partial charge in [0.1, 0.15) is 0 Å². The number of anilines is 1. The number of halogens is 6. The Labute approximate surface area is 227 Å². The minimum atomic E-state index is -4.69. The summed E-state index contributed by atoms with van der Waals surface area (Å²) in [6.45, 7) is -0.364. The number of hydrogen-bond acceptors (Lipinski definition) is 5. The van der Waals surface area contributed by atoms with Crippen molar-refractivity contribution in [1.29, 1.82) is 0 Å². The molecular formula is C24H17BrCl2F3N3O4. The van der Waals surface area contributed by atoms with Crippen molar-refractivity contribution < 1.29 is 32.2 Å². The maximum atomic E-state index is 13.1. The molecule has 0 atom stereocenters. The number of hydrogen-bond donors (Lipinski definition) is 2. The smallest absolute Gasteiger partial charge is 0.417 e. The Balaban J connectivity index is 1.66. The molecule has 7 nitrogen and oxygen atoms in total. The van der Waals surface area contributed by atoms with Crippen molar-refractivity contribution in [3.63, 3.8) is 0 Å². The van der Waals surface area contributed by atoms with Crippen molar-refractivity contribution in [3.8, 4) is 11.5 Å². The summed E-state index contributed by atoms with van der Waals surface area (Å²) in [5.41, 5.74) is 1.29. The highest BCUT2D eigenvalue weighted by atomic mass is 79.9. The van der Waals surface area contributed by atoms with Crippen LogP contribution >= 0.6 is 39.1 Å². The second kappa shape index (κ2) is 12.3. The van der Waals surface area contributed by atoms with Gasteiger partial charge in [0.25, 0.3) is 11.8 Å². The first kappa shape index (κ1) is 28.3. The molecule has 0 unspecified atom stereocenters. The molecule has 0 bridgehead atoms. The number of carbonyl (C=O) groups is 2. The van der Waals surface area contributed by atoms with Crippen LogP contribution in [-0.2, 0) is 11.0 Å². The predicted octanol–water partition coefficient (Wildman–Crippen LogP) is 6.56. The van der Waals surface area contributed by atoms with Gasteiger partial charge in [0.15, 0.2) is 18.1 Å². The minimum absolute atomic E-state index is 0.215. The van der Waals surface area contributed by atoms with E-state index in [4.69, 9.17) is 32.7 Å². The van der Waals surface area contributed by atoms with Crippen LogP contribution in [0.5, 0.6) is 11.5 Å². The molecule has 37 heavy (non-hydrogen) atoms. The maximum absolute atomic E-state index is 13.1. The quantitative estimate of drug-likeness (QED) is 0.221. The molecule has 2 N–H and O–H groups in total. The first-order valence-electron chi connectivity index (χ1n) is 10.2. The number of benzene rings is 3. The van der Waals surface area contributed by atoms with Gasteiger partial charge in [-0.3, -0.25) is 9.59 Å². The van der Waals surface area contributed by atoms with Crippen LogP contribution in [-0.4, -0.2) is 31.7 Å². The number of carbonyl (C=O) groups excluding carboxylic acids is 2. The third-order valence-corrected chi connectivity index (χ3v) is 5.99. The fourth-order valence-corrected chi connectivity index (χ4v) is 3.89. The molecule has 3 aromatic carbocycles. The lowest BCUT2D eigenvalue weighted by Crippen LogP contribution is -2.22. The van der Waals surface area contributed by atoms with E-state index in [2.05, 4.69) is 31.8 Å². The summed E-state index contributed by atoms with van der Waals surface area (Å²) < 4.78 is 50.7. The summed E-state index contributed by atoms with van der Waals surface area (Å²) in [4.78, 5) is 24.5. The Morgan fingerprint density at radius 3 is 2.49 bits per heavy atom. The summed E-state index contributed by atoms with van der Waals surface area (Å²) in [7, 11) is 1.38. The van der Waals surface area contributed by atoms with Crippen molar-refractivity contribution >= 4 is 62.8 Å². The highest BCUT2D eigenvalue weighted by Gasteiger charge is 2.34. The number of nitrogens with one attached hydrogen (secondary N) is 2. The fourth-order valence-electron chi connectivity index (χ4n) is 3.02. The fraction of sp³-hybridized carbons (Fsp3) is 0.125. The minimum Gasteiger partial charge on any atom is -0.493 e. The molecule has 13 heteroatoms. The van der Waals surface area contributed by atoms with Gasteiger partial charge in [0.05, 0.1) is 39.0 Å². The van der Waals surface area contributed by atoms with Crippen LogP contribution in [0.1, 0.15) is 21.5 Å². The zero-order chi connectivity index (χ0) is 27.2. The van der Waals surface area contributed by atoms with Gasteiger partial charge in [-0.25, -0.2) is 5.43 Å². The van der Waals surface area contributed by atoms with Crippen LogP contribution in [0, 0.1) is 0 Å². The van der Waals surface area contributed by atoms with Crippen LogP contribution in [0.25, 0.3) is 0 Å². The second-order valence-corrected chi connectivity index (χ2v) is 8.91. The van der Waals surface area contributed by atoms with E-state index in [0.29, 0.717) is 20.7 Å². The molecule has 0 aromatic heterocycles. The standard InChI is InChI=1S/C24H17BrCl2F3N3O4/c1-36-20-9-13(11-31-33-23(35)15-4-2-3-5-16(15)24(28,29)30)8-17(25)22(20)37-12-21(34)32-14-6-7-18(26)19(27)10-14/h2-11H,12H2,1H3,(H,32,34)(H,33,35)/b31-11+. The molecule has 0 saturated carbocycles. The van der Waals surface area contributed by atoms with E-state index in [-0.39, 0.29) is 23.1 Å². The monoisotopic (exact) mass is 617 g/mol. The number of rotatable bonds is 8. The Morgan fingerprint density at radius 2 is 1.81 bits per heavy atom. The lowest BCUT2D eigenvalue weighted by Gasteiger charge is -2.14. The van der Waals surface area contributed by atoms with Gasteiger partial charge in [0.2, 0.25) is 0 Å². The zero-order valence-electron chi connectivity index (χ0n) is 18.8. The van der Waals surface area contributed by atoms with Crippen LogP contribution < -0.4 is 20.2 Å². The van der Waals surface area contributed by atoms with Crippen molar-refractivity contribution in [2.45, 2.75) is 6.18 Å². The molecule has 0 aliphatic heterocycles. The van der Waals surface area contributed by atoms with E-state index in [1.165, 1.54) is 43.7 Å². The summed E-state index contributed by atoms with van der Waals surface area (Å²) in [6, 6.07) is 12.0. The molecule has 0 saturated heterocycles. The van der Waals surface area contributed by atoms with Gasteiger partial charge in [-0.2, -0.15) is 18.3 Å². The summed E-state index contributed by atoms with van der Waals surface area (Å²) in [6.07, 6.45) is -3.48. The van der Waals surface area contributed by atoms with Gasteiger partial charge in [-0.1, -0.05) is 35.3 Å². The Morgan fingerprint density at radius 1 is 1.08 bits per heavy atom. The molecule has 194 valence electrons. The van der Waals surface area contributed by atoms with Gasteiger partial charge < -0.3 is 14.8 Å². The van der Waals surface area contributed by atoms with Crippen LogP contribution in [0.15, 0.2) is 64.2 Å². The first-order chi connectivity index (χ1) is 17.5. The van der Waals surface area contributed by atoms with Gasteiger partial charge >= 0.3 is 6.18 Å². The Hall–Kier alpha value is -3.28. The van der Waals surface area contributed by atoms with Crippen molar-refractivity contribution in [2.75, 3.05) is 19.0 Å². The van der Waals surface area contributed by atoms with E-state index < -0.39 is 29.1 Å². The molecular weight excluding hydrogens is 602 g/mol. The third-order valence-electron chi connectivity index (χ3n) is 4.66. The molecule has 0 heterocycles. The van der Waals surface area contributed by atoms with Crippen molar-refractivity contribution in [2.24, 2.45) is 5.10 Å². The molecule has 0 aliphatic carbocycles. The molecule has 0 aliphatic rings. The highest BCUT2D eigenvalue weighted by molar-refractivity contribution is 9.10. The van der Waals surface area contributed by atoms with E-state index in [0.717, 1.165) is 12.1 Å². The topological polar surface area (TPSA) is 89.0 Å². The first-order valence-corrected chi connectivity index (χ1v) is 11.8. The third kappa shape index (κ3) is 7.61. The van der Waals surface area contributed by atoms with E-state index in [9.17, 15) is 22.8 Å². The Bertz CT molecular complexity index is 1350. The summed E-state index contributed by atoms with van der Waals surface area (Å²) in [5, 5.41) is 6.97. The number of nitrogens with zero attached hydrogens (tertiary/aromatic N) is 1. The summed E-state index contributed by atoms with van der Waals surface area (Å²) >= 11 is 15.1. The average Bonchev–Trinajstić information content (AvgIpc) is 2.84. The van der Waals surface area contributed by atoms with Crippen LogP contribution in [0.2, 0.25) is 10.0 Å². The Kier molecular flexibility index (Phi) is 9.41. The highest BCUT2D eigenvalue weighted by Crippen LogP contribution is 2.36. The van der Waals surface area contributed by atoms with E-state index >= 15 is 0 Å². The van der Waals surface area contributed by atoms with Crippen molar-refractivity contribution in [3.05, 3.63) is 85.8 Å². The van der Waals surface area contributed by atoms with Gasteiger partial charge in [-0.15, -0.1) is 0 Å². The number of hydrazone groups is 1. The maximum Gasteiger partial charge on any atom is 0.417 e. The van der Waals surface area contributed by atoms with Crippen LogP contribution in [0.3, 0.4) is 0 Å². The molecule has 0 fully saturated rings. The molecule has 0 radical (unpaired) electrons. The van der Waals surface area contributed by atoms with E-state index in [1.807, 2.05) is 0 Å². The number of ether oxygens (including phenoxy) is 2. The van der Waals surface area contributed by atoms with E-state index in [1.54, 1.807) is 12.1 Å². The zero-order valence-corrected chi connectivity index (χ0v) is 21.9.